The molecule has 8 N–H and O–H groups in total. The van der Waals surface area contributed by atoms with Gasteiger partial charge in [0.25, 0.3) is 0 Å². The summed E-state index contributed by atoms with van der Waals surface area (Å²) in [6.07, 6.45) is -1.79. The number of aliphatic hydroxyl groups is 3. The largest absolute Gasteiger partial charge is 0.492 e. The molecule has 16 heteroatoms. The second-order valence-corrected chi connectivity index (χ2v) is 10.5. The van der Waals surface area contributed by atoms with E-state index in [2.05, 4.69) is 20.3 Å². The maximum Gasteiger partial charge on any atom is 0.242 e. The zero-order valence-electron chi connectivity index (χ0n) is 17.5. The van der Waals surface area contributed by atoms with Crippen molar-refractivity contribution in [2.45, 2.75) is 31.5 Å². The summed E-state index contributed by atoms with van der Waals surface area (Å²) < 4.78 is 35.3. The van der Waals surface area contributed by atoms with Crippen LogP contribution in [0, 0.1) is 0 Å². The predicted octanol–water partition coefficient (Wildman–Crippen LogP) is -2.94. The van der Waals surface area contributed by atoms with Crippen molar-refractivity contribution in [3.05, 3.63) is 30.9 Å². The Balaban J connectivity index is 0.000000197. The molecular weight excluding hydrogens is 521 g/mol. The number of amides is 1. The standard InChI is InChI=1S/C10H12N4O5.C8H10AsNO5/c15-1-4-6(16)7(17)10(19-4)14-3-13-5-8(14)11-2-12-9(5)18;1-5(11)10-7-4-6(9(13,14)15)2-3-8(7)12/h2-4,6-7,10,15-17H,1H2,(H,11,12,18);2-4,12H,1H3,(H,10,11)(H2,13,14,15)/t4-,6-,7-,10-;/m1./s1. The average molecular weight is 543 g/mol. The SMILES string of the molecule is CC(=O)Nc1cc([As](=O)(O)O)ccc1O.OC[C@H]1O[C@@H](n2cnc3c(O)ncnc32)[C@H](O)[C@@H]1O. The summed E-state index contributed by atoms with van der Waals surface area (Å²) in [4.78, 5) is 22.2. The van der Waals surface area contributed by atoms with Crippen molar-refractivity contribution >= 4 is 41.3 Å². The van der Waals surface area contributed by atoms with E-state index in [0.29, 0.717) is 0 Å². The van der Waals surface area contributed by atoms with Gasteiger partial charge in [-0.25, -0.2) is 9.97 Å². The van der Waals surface area contributed by atoms with Crippen LogP contribution >= 0.6 is 0 Å². The number of nitrogens with one attached hydrogen (secondary N) is 1. The number of aliphatic hydroxyl groups excluding tert-OH is 3. The third kappa shape index (κ3) is 5.36. The molecule has 34 heavy (non-hydrogen) atoms. The first kappa shape index (κ1) is 25.6. The van der Waals surface area contributed by atoms with Crippen LogP contribution in [0.3, 0.4) is 0 Å². The zero-order chi connectivity index (χ0) is 25.2. The van der Waals surface area contributed by atoms with E-state index in [0.717, 1.165) is 24.5 Å². The van der Waals surface area contributed by atoms with Crippen LogP contribution in [0.1, 0.15) is 13.2 Å². The predicted molar refractivity (Wildman–Crippen MR) is 113 cm³/mol. The number of hydrogen-bond acceptors (Lipinski definition) is 11. The summed E-state index contributed by atoms with van der Waals surface area (Å²) in [7, 11) is 0. The van der Waals surface area contributed by atoms with Crippen molar-refractivity contribution in [1.29, 1.82) is 0 Å². The number of anilines is 1. The van der Waals surface area contributed by atoms with Gasteiger partial charge in [-0.05, 0) is 0 Å². The van der Waals surface area contributed by atoms with E-state index >= 15 is 0 Å². The number of hydrogen-bond donors (Lipinski definition) is 8. The van der Waals surface area contributed by atoms with Crippen LogP contribution in [0.15, 0.2) is 30.9 Å². The van der Waals surface area contributed by atoms with Crippen molar-refractivity contribution in [2.24, 2.45) is 0 Å². The molecule has 4 rings (SSSR count). The number of aromatic hydroxyl groups is 2. The number of carbonyl (C=O) groups is 1. The van der Waals surface area contributed by atoms with Crippen LogP contribution in [0.4, 0.5) is 5.69 Å². The Morgan fingerprint density at radius 3 is 2.47 bits per heavy atom. The number of ether oxygens (including phenoxy) is 1. The van der Waals surface area contributed by atoms with Gasteiger partial charge < -0.3 is 25.2 Å². The third-order valence-electron chi connectivity index (χ3n) is 4.76. The van der Waals surface area contributed by atoms with E-state index in [1.54, 1.807) is 0 Å². The summed E-state index contributed by atoms with van der Waals surface area (Å²) >= 11 is -4.98. The van der Waals surface area contributed by atoms with Gasteiger partial charge in [-0.2, -0.15) is 4.98 Å². The third-order valence-corrected chi connectivity index (χ3v) is 6.75. The van der Waals surface area contributed by atoms with Gasteiger partial charge in [0.15, 0.2) is 17.4 Å². The molecule has 1 fully saturated rings. The van der Waals surface area contributed by atoms with Gasteiger partial charge >= 0.3 is 88.1 Å². The number of fused-ring (bicyclic) bond motifs is 1. The number of benzene rings is 1. The van der Waals surface area contributed by atoms with E-state index in [1.165, 1.54) is 17.8 Å². The number of carbonyl (C=O) groups excluding carboxylic acids is 1. The van der Waals surface area contributed by atoms with Gasteiger partial charge in [-0.15, -0.1) is 0 Å². The van der Waals surface area contributed by atoms with Gasteiger partial charge in [0.2, 0.25) is 5.88 Å². The summed E-state index contributed by atoms with van der Waals surface area (Å²) in [5.74, 6) is -0.950. The molecule has 0 aliphatic carbocycles. The van der Waals surface area contributed by atoms with Crippen LogP contribution in [0.5, 0.6) is 11.6 Å². The molecule has 0 unspecified atom stereocenters. The number of phenols is 1. The van der Waals surface area contributed by atoms with Gasteiger partial charge in [0.05, 0.1) is 12.9 Å². The van der Waals surface area contributed by atoms with Crippen molar-refractivity contribution in [3.8, 4) is 11.6 Å². The minimum Gasteiger partial charge on any atom is -0.492 e. The summed E-state index contributed by atoms with van der Waals surface area (Å²) in [6, 6.07) is 3.32. The smallest absolute Gasteiger partial charge is 0.242 e. The molecule has 0 spiro atoms. The maximum absolute atomic E-state index is 10.9. The van der Waals surface area contributed by atoms with Crippen LogP contribution in [-0.4, -0.2) is 98.2 Å². The Kier molecular flexibility index (Phi) is 7.57. The fourth-order valence-corrected chi connectivity index (χ4v) is 4.32. The van der Waals surface area contributed by atoms with Crippen molar-refractivity contribution in [3.63, 3.8) is 0 Å². The molecule has 0 saturated carbocycles. The molecule has 1 amide bonds. The van der Waals surface area contributed by atoms with E-state index in [9.17, 15) is 29.0 Å². The normalized spacial score (nSPS) is 22.3. The van der Waals surface area contributed by atoms with Crippen LogP contribution in [0.25, 0.3) is 11.2 Å². The molecule has 184 valence electrons. The molecule has 3 aromatic rings. The molecule has 0 radical (unpaired) electrons. The first-order valence-corrected chi connectivity index (χ1v) is 13.0. The van der Waals surface area contributed by atoms with Crippen molar-refractivity contribution in [2.75, 3.05) is 11.9 Å². The summed E-state index contributed by atoms with van der Waals surface area (Å²) in [5.41, 5.74) is 0.423. The Bertz CT molecular complexity index is 1230. The van der Waals surface area contributed by atoms with Gasteiger partial charge in [0.1, 0.15) is 24.6 Å². The number of rotatable bonds is 4. The van der Waals surface area contributed by atoms with E-state index in [4.69, 9.17) is 18.0 Å². The molecule has 15 nitrogen and oxygen atoms in total. The molecule has 2 aromatic heterocycles. The fraction of sp³-hybridized carbons (Fsp3) is 0.333. The van der Waals surface area contributed by atoms with Gasteiger partial charge in [0, 0.05) is 0 Å². The van der Waals surface area contributed by atoms with E-state index < -0.39 is 51.2 Å². The quantitative estimate of drug-likeness (QED) is 0.121. The number of phenolic OH excluding ortho intramolecular Hbond substituents is 1. The van der Waals surface area contributed by atoms with Crippen LogP contribution < -0.4 is 9.67 Å². The van der Waals surface area contributed by atoms with Crippen molar-refractivity contribution < 1.29 is 47.0 Å². The van der Waals surface area contributed by atoms with Crippen molar-refractivity contribution in [1.82, 2.24) is 19.5 Å². The second-order valence-electron chi connectivity index (χ2n) is 7.18. The zero-order valence-corrected chi connectivity index (χ0v) is 19.4. The molecule has 3 heterocycles. The molecular formula is C18H22AsN5O10. The fourth-order valence-electron chi connectivity index (χ4n) is 3.13. The Morgan fingerprint density at radius 2 is 1.88 bits per heavy atom. The summed E-state index contributed by atoms with van der Waals surface area (Å²) in [5, 5.41) is 49.7. The molecule has 1 aliphatic heterocycles. The van der Waals surface area contributed by atoms with Crippen LogP contribution in [-0.2, 0) is 13.3 Å². The molecule has 1 aromatic carbocycles. The molecule has 4 atom stereocenters. The molecule has 1 aliphatic rings. The van der Waals surface area contributed by atoms with E-state index in [1.807, 2.05) is 0 Å². The monoisotopic (exact) mass is 543 g/mol. The van der Waals surface area contributed by atoms with E-state index in [-0.39, 0.29) is 32.8 Å². The first-order valence-electron chi connectivity index (χ1n) is 9.59. The number of imidazole rings is 1. The average Bonchev–Trinajstić information content (AvgIpc) is 3.31. The number of nitrogens with zero attached hydrogens (tertiary/aromatic N) is 4. The van der Waals surface area contributed by atoms with Crippen LogP contribution in [0.2, 0.25) is 0 Å². The number of aromatic nitrogens is 4. The van der Waals surface area contributed by atoms with Gasteiger partial charge in [-0.1, -0.05) is 0 Å². The minimum atomic E-state index is -4.98. The summed E-state index contributed by atoms with van der Waals surface area (Å²) in [6.45, 7) is 0.816. The topological polar surface area (TPSA) is 241 Å². The Morgan fingerprint density at radius 1 is 1.18 bits per heavy atom. The minimum absolute atomic E-state index is 0.00951. The molecule has 0 bridgehead atoms. The second kappa shape index (κ2) is 10.1. The first-order chi connectivity index (χ1) is 15.9. The Labute approximate surface area is 193 Å². The Hall–Kier alpha value is -3.04. The van der Waals surface area contributed by atoms with Gasteiger partial charge in [-0.3, -0.25) is 4.57 Å². The molecule has 1 saturated heterocycles. The maximum atomic E-state index is 10.9.